The lowest BCUT2D eigenvalue weighted by atomic mass is 9.95. The number of hydrogen-bond donors (Lipinski definition) is 3. The number of para-hydroxylation sites is 2. The van der Waals surface area contributed by atoms with Crippen LogP contribution in [0.15, 0.2) is 128 Å². The zero-order valence-corrected chi connectivity index (χ0v) is 42.1. The van der Waals surface area contributed by atoms with E-state index in [1.807, 2.05) is 55.6 Å². The summed E-state index contributed by atoms with van der Waals surface area (Å²) in [5, 5.41) is 32.6. The van der Waals surface area contributed by atoms with Crippen LogP contribution in [0.4, 0.5) is 0 Å². The third kappa shape index (κ3) is 9.64. The lowest BCUT2D eigenvalue weighted by Crippen LogP contribution is -2.13. The molecule has 12 nitrogen and oxygen atoms in total. The third-order valence-corrected chi connectivity index (χ3v) is 15.1. The molecule has 0 saturated heterocycles. The molecule has 0 amide bonds. The summed E-state index contributed by atoms with van der Waals surface area (Å²) < 4.78 is 17.8. The SMILES string of the molecule is CCOc1cccc(C(=O)O)c1Cn1c2c(c3ccccc31)CCCC2.COc1cccc(Cn2c3c(c4ccccc42)CCCC3)c1C(=O)O.O=C(O)c1ccccc1Cn1c2c(c3cccnc31)CCCC2. The van der Waals surface area contributed by atoms with Crippen molar-refractivity contribution < 1.29 is 39.2 Å². The Labute approximate surface area is 430 Å². The maximum absolute atomic E-state index is 11.8. The topological polar surface area (TPSA) is 158 Å². The molecule has 0 fully saturated rings. The number of fused-ring (bicyclic) bond motifs is 9. The second-order valence-corrected chi connectivity index (χ2v) is 19.3. The van der Waals surface area contributed by atoms with Crippen molar-refractivity contribution in [3.05, 3.63) is 195 Å². The fourth-order valence-corrected chi connectivity index (χ4v) is 11.9. The standard InChI is InChI=1S/C22H23NO3.C21H21NO3.C19H18N2O2/c1-2-26-21-13-7-10-17(22(24)25)18(21)14-23-19-11-5-3-8-15(19)16-9-4-6-12-20(16)23;1-25-19-12-6-7-14(20(19)21(23)24)13-22-17-10-4-2-8-15(17)16-9-3-5-11-18(16)22;22-19(23)14-7-2-1-6-13(14)12-21-17-10-4-3-8-15(17)16-9-5-11-20-18(16)21/h3,5,7-8,10-11,13H,2,4,6,9,12,14H2,1H3,(H,24,25);2,4,6-8,10,12H,3,5,9,11,13H2,1H3,(H,23,24);1-2,5-7,9,11H,3-4,8,10,12H2,(H,22,23). The lowest BCUT2D eigenvalue weighted by Gasteiger charge is -2.19. The van der Waals surface area contributed by atoms with E-state index < -0.39 is 17.9 Å². The fraction of sp³-hybridized carbons (Fsp3) is 0.290. The van der Waals surface area contributed by atoms with Gasteiger partial charge in [0.15, 0.2) is 0 Å². The van der Waals surface area contributed by atoms with Gasteiger partial charge in [-0.15, -0.1) is 0 Å². The largest absolute Gasteiger partial charge is 0.496 e. The van der Waals surface area contributed by atoms with E-state index >= 15 is 0 Å². The molecule has 12 heteroatoms. The Bertz CT molecular complexity index is 3560. The summed E-state index contributed by atoms with van der Waals surface area (Å²) in [6.45, 7) is 4.07. The molecule has 9 aromatic rings. The first-order chi connectivity index (χ1) is 36.2. The van der Waals surface area contributed by atoms with Crippen LogP contribution in [0.25, 0.3) is 32.8 Å². The van der Waals surface area contributed by atoms with E-state index in [1.54, 1.807) is 30.3 Å². The number of nitrogens with zero attached hydrogens (tertiary/aromatic N) is 4. The number of carboxylic acids is 3. The molecule has 12 rings (SSSR count). The van der Waals surface area contributed by atoms with Crippen LogP contribution < -0.4 is 9.47 Å². The first kappa shape index (κ1) is 49.5. The van der Waals surface area contributed by atoms with Gasteiger partial charge < -0.3 is 38.5 Å². The van der Waals surface area contributed by atoms with Crippen molar-refractivity contribution in [3.8, 4) is 11.5 Å². The van der Waals surface area contributed by atoms with Crippen molar-refractivity contribution in [2.24, 2.45) is 0 Å². The van der Waals surface area contributed by atoms with Crippen molar-refractivity contribution in [1.82, 2.24) is 18.7 Å². The van der Waals surface area contributed by atoms with Crippen molar-refractivity contribution in [2.75, 3.05) is 13.7 Å². The molecule has 0 unspecified atom stereocenters. The van der Waals surface area contributed by atoms with Gasteiger partial charge in [-0.05, 0) is 160 Å². The van der Waals surface area contributed by atoms with E-state index in [4.69, 9.17) is 9.47 Å². The number of carbonyl (C=O) groups is 3. The predicted molar refractivity (Wildman–Crippen MR) is 289 cm³/mol. The maximum atomic E-state index is 11.8. The van der Waals surface area contributed by atoms with Gasteiger partial charge in [-0.1, -0.05) is 72.8 Å². The molecule has 378 valence electrons. The van der Waals surface area contributed by atoms with E-state index in [2.05, 4.69) is 67.2 Å². The van der Waals surface area contributed by atoms with Gasteiger partial charge in [-0.2, -0.15) is 0 Å². The van der Waals surface area contributed by atoms with Crippen molar-refractivity contribution in [1.29, 1.82) is 0 Å². The molecule has 3 aliphatic carbocycles. The molecular weight excluding hydrogens is 929 g/mol. The van der Waals surface area contributed by atoms with Crippen LogP contribution >= 0.6 is 0 Å². The molecule has 5 aromatic carbocycles. The summed E-state index contributed by atoms with van der Waals surface area (Å²) in [7, 11) is 1.51. The summed E-state index contributed by atoms with van der Waals surface area (Å²) in [4.78, 5) is 39.6. The van der Waals surface area contributed by atoms with Crippen molar-refractivity contribution in [3.63, 3.8) is 0 Å². The van der Waals surface area contributed by atoms with Crippen LogP contribution in [0.5, 0.6) is 11.5 Å². The summed E-state index contributed by atoms with van der Waals surface area (Å²) in [5.41, 5.74) is 14.9. The fourth-order valence-electron chi connectivity index (χ4n) is 11.9. The van der Waals surface area contributed by atoms with Gasteiger partial charge in [0.25, 0.3) is 0 Å². The van der Waals surface area contributed by atoms with Crippen LogP contribution in [0.2, 0.25) is 0 Å². The minimum Gasteiger partial charge on any atom is -0.496 e. The number of rotatable bonds is 12. The molecule has 0 atom stereocenters. The van der Waals surface area contributed by atoms with Crippen molar-refractivity contribution >= 4 is 50.7 Å². The Morgan fingerprint density at radius 2 is 0.986 bits per heavy atom. The third-order valence-electron chi connectivity index (χ3n) is 15.1. The number of benzene rings is 5. The Morgan fingerprint density at radius 3 is 1.59 bits per heavy atom. The van der Waals surface area contributed by atoms with Crippen LogP contribution in [0.3, 0.4) is 0 Å². The second kappa shape index (κ2) is 21.9. The van der Waals surface area contributed by atoms with Gasteiger partial charge in [0.05, 0.1) is 37.9 Å². The summed E-state index contributed by atoms with van der Waals surface area (Å²) in [5.74, 6) is -1.66. The highest BCUT2D eigenvalue weighted by atomic mass is 16.5. The quantitative estimate of drug-likeness (QED) is 0.108. The highest BCUT2D eigenvalue weighted by Gasteiger charge is 2.26. The Kier molecular flexibility index (Phi) is 14.7. The second-order valence-electron chi connectivity index (χ2n) is 19.3. The zero-order valence-electron chi connectivity index (χ0n) is 42.1. The van der Waals surface area contributed by atoms with Crippen LogP contribution in [0.1, 0.15) is 127 Å². The molecule has 0 spiro atoms. The molecule has 4 aromatic heterocycles. The Hall–Kier alpha value is -8.12. The zero-order chi connectivity index (χ0) is 51.3. The number of aromatic carboxylic acids is 3. The van der Waals surface area contributed by atoms with E-state index in [0.717, 1.165) is 60.9 Å². The number of pyridine rings is 1. The van der Waals surface area contributed by atoms with E-state index in [1.165, 1.54) is 107 Å². The Balaban J connectivity index is 0.000000127. The van der Waals surface area contributed by atoms with Crippen LogP contribution in [-0.2, 0) is 58.2 Å². The van der Waals surface area contributed by atoms with Gasteiger partial charge in [0.2, 0.25) is 0 Å². The molecule has 0 radical (unpaired) electrons. The molecule has 4 heterocycles. The molecule has 0 aliphatic heterocycles. The maximum Gasteiger partial charge on any atom is 0.339 e. The van der Waals surface area contributed by atoms with Gasteiger partial charge >= 0.3 is 17.9 Å². The van der Waals surface area contributed by atoms with Crippen LogP contribution in [0, 0.1) is 0 Å². The van der Waals surface area contributed by atoms with Crippen molar-refractivity contribution in [2.45, 2.75) is 104 Å². The smallest absolute Gasteiger partial charge is 0.339 e. The molecule has 3 aliphatic rings. The minimum atomic E-state index is -0.947. The summed E-state index contributed by atoms with van der Waals surface area (Å²) >= 11 is 0. The number of hydrogen-bond acceptors (Lipinski definition) is 6. The number of methoxy groups -OCH3 is 1. The molecule has 74 heavy (non-hydrogen) atoms. The lowest BCUT2D eigenvalue weighted by molar-refractivity contribution is 0.0682. The number of carboxylic acid groups (broad SMARTS) is 3. The average Bonchev–Trinajstić information content (AvgIpc) is 4.05. The first-order valence-corrected chi connectivity index (χ1v) is 26.0. The van der Waals surface area contributed by atoms with E-state index in [-0.39, 0.29) is 5.56 Å². The number of aryl methyl sites for hydroxylation is 3. The predicted octanol–water partition coefficient (Wildman–Crippen LogP) is 12.6. The first-order valence-electron chi connectivity index (χ1n) is 26.0. The van der Waals surface area contributed by atoms with Gasteiger partial charge in [-0.25, -0.2) is 19.4 Å². The monoisotopic (exact) mass is 990 g/mol. The molecular formula is C62H62N4O8. The normalized spacial score (nSPS) is 13.7. The van der Waals surface area contributed by atoms with Gasteiger partial charge in [0, 0.05) is 62.6 Å². The van der Waals surface area contributed by atoms with Gasteiger partial charge in [0.1, 0.15) is 22.7 Å². The summed E-state index contributed by atoms with van der Waals surface area (Å²) in [6, 6.07) is 39.0. The number of ether oxygens (including phenoxy) is 2. The molecule has 0 bridgehead atoms. The summed E-state index contributed by atoms with van der Waals surface area (Å²) in [6.07, 6.45) is 15.5. The van der Waals surface area contributed by atoms with E-state index in [9.17, 15) is 29.7 Å². The molecule has 3 N–H and O–H groups in total. The highest BCUT2D eigenvalue weighted by Crippen LogP contribution is 2.37. The highest BCUT2D eigenvalue weighted by molar-refractivity contribution is 5.94. The molecule has 0 saturated carbocycles. The number of aromatic nitrogens is 4. The minimum absolute atomic E-state index is 0.257. The van der Waals surface area contributed by atoms with Gasteiger partial charge in [-0.3, -0.25) is 0 Å². The van der Waals surface area contributed by atoms with E-state index in [0.29, 0.717) is 48.9 Å². The average molecular weight is 991 g/mol. The van der Waals surface area contributed by atoms with Crippen LogP contribution in [-0.4, -0.2) is 65.6 Å². The Morgan fingerprint density at radius 1 is 0.500 bits per heavy atom.